The van der Waals surface area contributed by atoms with E-state index in [-0.39, 0.29) is 11.9 Å². The van der Waals surface area contributed by atoms with Gasteiger partial charge in [-0.05, 0) is 31.5 Å². The number of benzene rings is 1. The average molecular weight is 193 g/mol. The molecule has 1 aliphatic rings. The van der Waals surface area contributed by atoms with E-state index >= 15 is 0 Å². The highest BCUT2D eigenvalue weighted by Crippen LogP contribution is 2.26. The summed E-state index contributed by atoms with van der Waals surface area (Å²) in [4.78, 5) is 0. The summed E-state index contributed by atoms with van der Waals surface area (Å²) >= 11 is 0. The monoisotopic (exact) mass is 193 g/mol. The molecule has 3 nitrogen and oxygen atoms in total. The van der Waals surface area contributed by atoms with Crippen LogP contribution < -0.4 is 10.1 Å². The highest BCUT2D eigenvalue weighted by molar-refractivity contribution is 5.38. The quantitative estimate of drug-likeness (QED) is 0.748. The molecule has 0 saturated carbocycles. The summed E-state index contributed by atoms with van der Waals surface area (Å²) in [6, 6.07) is 7.10. The van der Waals surface area contributed by atoms with E-state index in [1.165, 1.54) is 0 Å². The fourth-order valence-electron chi connectivity index (χ4n) is 1.66. The average Bonchev–Trinajstić information content (AvgIpc) is 2.23. The summed E-state index contributed by atoms with van der Waals surface area (Å²) in [5.74, 6) is 0.805. The predicted molar refractivity (Wildman–Crippen MR) is 54.6 cm³/mol. The van der Waals surface area contributed by atoms with Gasteiger partial charge in [-0.3, -0.25) is 0 Å². The van der Waals surface area contributed by atoms with E-state index in [0.717, 1.165) is 25.9 Å². The lowest BCUT2D eigenvalue weighted by molar-refractivity contribution is 0.161. The Bertz CT molecular complexity index is 295. The van der Waals surface area contributed by atoms with Crippen molar-refractivity contribution >= 4 is 0 Å². The van der Waals surface area contributed by atoms with Gasteiger partial charge in [0, 0.05) is 6.54 Å². The summed E-state index contributed by atoms with van der Waals surface area (Å²) in [6.07, 6.45) is 2.39. The number of piperidine rings is 1. The van der Waals surface area contributed by atoms with Crippen molar-refractivity contribution in [2.45, 2.75) is 18.9 Å². The number of para-hydroxylation sites is 2. The summed E-state index contributed by atoms with van der Waals surface area (Å²) in [7, 11) is 0. The molecule has 3 heteroatoms. The molecule has 76 valence electrons. The van der Waals surface area contributed by atoms with Crippen molar-refractivity contribution in [3.8, 4) is 11.5 Å². The van der Waals surface area contributed by atoms with E-state index in [9.17, 15) is 5.11 Å². The summed E-state index contributed by atoms with van der Waals surface area (Å²) in [5.41, 5.74) is 0. The van der Waals surface area contributed by atoms with Crippen molar-refractivity contribution in [1.29, 1.82) is 0 Å². The van der Waals surface area contributed by atoms with Crippen molar-refractivity contribution in [2.75, 3.05) is 13.1 Å². The van der Waals surface area contributed by atoms with E-state index in [2.05, 4.69) is 5.32 Å². The van der Waals surface area contributed by atoms with Crippen LogP contribution in [0, 0.1) is 0 Å². The molecule has 0 radical (unpaired) electrons. The molecule has 2 N–H and O–H groups in total. The van der Waals surface area contributed by atoms with Crippen LogP contribution >= 0.6 is 0 Å². The zero-order chi connectivity index (χ0) is 9.80. The minimum atomic E-state index is 0.192. The molecule has 0 aliphatic carbocycles. The van der Waals surface area contributed by atoms with Crippen LogP contribution in [0.3, 0.4) is 0 Å². The van der Waals surface area contributed by atoms with Gasteiger partial charge in [0.15, 0.2) is 11.5 Å². The Morgan fingerprint density at radius 3 is 2.93 bits per heavy atom. The highest BCUT2D eigenvalue weighted by atomic mass is 16.5. The Morgan fingerprint density at radius 2 is 2.21 bits per heavy atom. The van der Waals surface area contributed by atoms with E-state index in [4.69, 9.17) is 4.74 Å². The number of rotatable bonds is 2. The van der Waals surface area contributed by atoms with Crippen LogP contribution in [0.4, 0.5) is 0 Å². The summed E-state index contributed by atoms with van der Waals surface area (Å²) in [6.45, 7) is 1.94. The number of phenolic OH excluding ortho intramolecular Hbond substituents is 1. The van der Waals surface area contributed by atoms with Crippen molar-refractivity contribution < 1.29 is 9.84 Å². The highest BCUT2D eigenvalue weighted by Gasteiger charge is 2.15. The number of ether oxygens (including phenoxy) is 1. The van der Waals surface area contributed by atoms with Crippen LogP contribution in [-0.4, -0.2) is 24.3 Å². The molecule has 1 aromatic carbocycles. The normalized spacial score (nSPS) is 21.9. The Balaban J connectivity index is 1.99. The largest absolute Gasteiger partial charge is 0.504 e. The van der Waals surface area contributed by atoms with Gasteiger partial charge in [0.25, 0.3) is 0 Å². The fourth-order valence-corrected chi connectivity index (χ4v) is 1.66. The minimum Gasteiger partial charge on any atom is -0.504 e. The lowest BCUT2D eigenvalue weighted by Crippen LogP contribution is -2.37. The van der Waals surface area contributed by atoms with Crippen molar-refractivity contribution in [1.82, 2.24) is 5.32 Å². The molecule has 1 aliphatic heterocycles. The second kappa shape index (κ2) is 4.33. The third-order valence-corrected chi connectivity index (χ3v) is 2.41. The molecule has 1 unspecified atom stereocenters. The topological polar surface area (TPSA) is 41.5 Å². The zero-order valence-corrected chi connectivity index (χ0v) is 8.07. The van der Waals surface area contributed by atoms with Crippen LogP contribution in [0.15, 0.2) is 24.3 Å². The van der Waals surface area contributed by atoms with Gasteiger partial charge in [-0.1, -0.05) is 12.1 Å². The minimum absolute atomic E-state index is 0.192. The Kier molecular flexibility index (Phi) is 2.89. The molecule has 0 spiro atoms. The second-order valence-corrected chi connectivity index (χ2v) is 3.55. The van der Waals surface area contributed by atoms with Crippen LogP contribution in [0.5, 0.6) is 11.5 Å². The van der Waals surface area contributed by atoms with Gasteiger partial charge >= 0.3 is 0 Å². The Hall–Kier alpha value is -1.22. The number of hydrogen-bond donors (Lipinski definition) is 2. The zero-order valence-electron chi connectivity index (χ0n) is 8.07. The van der Waals surface area contributed by atoms with E-state index in [1.54, 1.807) is 18.2 Å². The first-order valence-corrected chi connectivity index (χ1v) is 5.01. The number of aromatic hydroxyl groups is 1. The molecule has 1 atom stereocenters. The van der Waals surface area contributed by atoms with Crippen molar-refractivity contribution in [3.63, 3.8) is 0 Å². The first kappa shape index (κ1) is 9.34. The number of phenols is 1. The van der Waals surface area contributed by atoms with Gasteiger partial charge in [0.2, 0.25) is 0 Å². The number of nitrogens with one attached hydrogen (secondary N) is 1. The Morgan fingerprint density at radius 1 is 1.36 bits per heavy atom. The molecule has 0 bridgehead atoms. The van der Waals surface area contributed by atoms with Gasteiger partial charge in [-0.15, -0.1) is 0 Å². The molecule has 1 saturated heterocycles. The third kappa shape index (κ3) is 2.17. The lowest BCUT2D eigenvalue weighted by atomic mass is 10.1. The van der Waals surface area contributed by atoms with Gasteiger partial charge in [0.1, 0.15) is 6.10 Å². The van der Waals surface area contributed by atoms with Crippen LogP contribution in [0.25, 0.3) is 0 Å². The maximum atomic E-state index is 9.50. The first-order valence-electron chi connectivity index (χ1n) is 5.01. The molecule has 1 fully saturated rings. The van der Waals surface area contributed by atoms with Gasteiger partial charge in [-0.25, -0.2) is 0 Å². The molecular formula is C11H15NO2. The molecule has 0 aromatic heterocycles. The molecule has 2 rings (SSSR count). The van der Waals surface area contributed by atoms with Crippen molar-refractivity contribution in [3.05, 3.63) is 24.3 Å². The van der Waals surface area contributed by atoms with Crippen molar-refractivity contribution in [2.24, 2.45) is 0 Å². The number of hydrogen-bond acceptors (Lipinski definition) is 3. The molecule has 1 heterocycles. The van der Waals surface area contributed by atoms with E-state index in [0.29, 0.717) is 5.75 Å². The summed E-state index contributed by atoms with van der Waals surface area (Å²) < 4.78 is 5.67. The van der Waals surface area contributed by atoms with Crippen LogP contribution in [0.1, 0.15) is 12.8 Å². The SMILES string of the molecule is Oc1ccccc1OC1CCCNC1. The molecular weight excluding hydrogens is 178 g/mol. The van der Waals surface area contributed by atoms with Gasteiger partial charge in [0.05, 0.1) is 0 Å². The van der Waals surface area contributed by atoms with E-state index in [1.807, 2.05) is 6.07 Å². The van der Waals surface area contributed by atoms with Crippen LogP contribution in [-0.2, 0) is 0 Å². The predicted octanol–water partition coefficient (Wildman–Crippen LogP) is 1.52. The maximum absolute atomic E-state index is 9.50. The Labute approximate surface area is 83.7 Å². The smallest absolute Gasteiger partial charge is 0.161 e. The van der Waals surface area contributed by atoms with Gasteiger partial charge < -0.3 is 15.2 Å². The molecule has 1 aromatic rings. The lowest BCUT2D eigenvalue weighted by Gasteiger charge is -2.24. The maximum Gasteiger partial charge on any atom is 0.161 e. The molecule has 0 amide bonds. The molecule has 14 heavy (non-hydrogen) atoms. The third-order valence-electron chi connectivity index (χ3n) is 2.41. The standard InChI is InChI=1S/C11H15NO2/c13-10-5-1-2-6-11(10)14-9-4-3-7-12-8-9/h1-2,5-6,9,12-13H,3-4,7-8H2. The van der Waals surface area contributed by atoms with E-state index < -0.39 is 0 Å². The summed E-state index contributed by atoms with van der Waals surface area (Å²) in [5, 5.41) is 12.8. The van der Waals surface area contributed by atoms with Crippen LogP contribution in [0.2, 0.25) is 0 Å². The second-order valence-electron chi connectivity index (χ2n) is 3.55. The fraction of sp³-hybridized carbons (Fsp3) is 0.455. The van der Waals surface area contributed by atoms with Gasteiger partial charge in [-0.2, -0.15) is 0 Å². The first-order chi connectivity index (χ1) is 6.86.